The molecule has 1 saturated heterocycles. The summed E-state index contributed by atoms with van der Waals surface area (Å²) in [6.07, 6.45) is 1.04. The van der Waals surface area contributed by atoms with Crippen LogP contribution in [0.2, 0.25) is 0 Å². The van der Waals surface area contributed by atoms with E-state index < -0.39 is 11.9 Å². The fraction of sp³-hybridized carbons (Fsp3) is 0.778. The minimum atomic E-state index is -0.723. The van der Waals surface area contributed by atoms with Crippen LogP contribution >= 0.6 is 0 Å². The van der Waals surface area contributed by atoms with Gasteiger partial charge in [0.2, 0.25) is 11.8 Å². The number of carbonyl (C=O) groups is 2. The number of hydrogen-bond acceptors (Lipinski definition) is 3. The third-order valence-corrected chi connectivity index (χ3v) is 2.49. The predicted molar refractivity (Wildman–Crippen MR) is 52.1 cm³/mol. The van der Waals surface area contributed by atoms with Crippen LogP contribution < -0.4 is 16.8 Å². The van der Waals surface area contributed by atoms with E-state index in [1.165, 1.54) is 0 Å². The number of hydrogen-bond donors (Lipinski definition) is 3. The van der Waals surface area contributed by atoms with Gasteiger partial charge in [-0.05, 0) is 26.7 Å². The van der Waals surface area contributed by atoms with Gasteiger partial charge in [0.15, 0.2) is 0 Å². The molecule has 0 saturated carbocycles. The van der Waals surface area contributed by atoms with Crippen molar-refractivity contribution in [1.82, 2.24) is 5.32 Å². The zero-order chi connectivity index (χ0) is 10.9. The normalized spacial score (nSPS) is 27.1. The maximum Gasteiger partial charge on any atom is 0.234 e. The van der Waals surface area contributed by atoms with E-state index in [-0.39, 0.29) is 17.4 Å². The number of nitrogens with two attached hydrogens (primary N) is 2. The zero-order valence-corrected chi connectivity index (χ0v) is 8.54. The maximum absolute atomic E-state index is 11.4. The van der Waals surface area contributed by atoms with Gasteiger partial charge in [0, 0.05) is 11.5 Å². The molecule has 0 aromatic heterocycles. The van der Waals surface area contributed by atoms with Gasteiger partial charge in [-0.3, -0.25) is 9.59 Å². The summed E-state index contributed by atoms with van der Waals surface area (Å²) in [5, 5.41) is 2.84. The first-order valence-corrected chi connectivity index (χ1v) is 4.69. The lowest BCUT2D eigenvalue weighted by Crippen LogP contribution is -2.39. The smallest absolute Gasteiger partial charge is 0.234 e. The highest BCUT2D eigenvalue weighted by Crippen LogP contribution is 2.27. The Balaban J connectivity index is 2.55. The lowest BCUT2D eigenvalue weighted by atomic mass is 9.92. The molecule has 0 aromatic carbocycles. The van der Waals surface area contributed by atoms with Crippen LogP contribution in [0.3, 0.4) is 0 Å². The van der Waals surface area contributed by atoms with E-state index in [1.54, 1.807) is 0 Å². The Bertz CT molecular complexity index is 263. The first-order chi connectivity index (χ1) is 6.32. The van der Waals surface area contributed by atoms with Gasteiger partial charge in [0.25, 0.3) is 0 Å². The molecule has 0 aliphatic carbocycles. The second kappa shape index (κ2) is 3.57. The summed E-state index contributed by atoms with van der Waals surface area (Å²) in [4.78, 5) is 22.1. The molecule has 2 atom stereocenters. The summed E-state index contributed by atoms with van der Waals surface area (Å²) in [6, 6.07) is -0.723. The van der Waals surface area contributed by atoms with Crippen LogP contribution in [0, 0.1) is 5.92 Å². The van der Waals surface area contributed by atoms with Gasteiger partial charge >= 0.3 is 0 Å². The Kier molecular flexibility index (Phi) is 2.80. The Labute approximate surface area is 83.2 Å². The molecular formula is C9H17N3O2. The topological polar surface area (TPSA) is 98.2 Å². The van der Waals surface area contributed by atoms with Gasteiger partial charge in [-0.1, -0.05) is 0 Å². The van der Waals surface area contributed by atoms with E-state index in [0.717, 1.165) is 0 Å². The average Bonchev–Trinajstić information content (AvgIpc) is 2.24. The van der Waals surface area contributed by atoms with Crippen molar-refractivity contribution in [2.45, 2.75) is 38.3 Å². The minimum Gasteiger partial charge on any atom is -0.368 e. The monoisotopic (exact) mass is 199 g/mol. The lowest BCUT2D eigenvalue weighted by molar-refractivity contribution is -0.123. The van der Waals surface area contributed by atoms with E-state index in [1.807, 2.05) is 13.8 Å². The van der Waals surface area contributed by atoms with Crippen molar-refractivity contribution in [3.05, 3.63) is 0 Å². The average molecular weight is 199 g/mol. The summed E-state index contributed by atoms with van der Waals surface area (Å²) < 4.78 is 0. The first kappa shape index (κ1) is 11.0. The number of nitrogens with one attached hydrogen (secondary N) is 1. The van der Waals surface area contributed by atoms with Crippen molar-refractivity contribution in [3.8, 4) is 0 Å². The van der Waals surface area contributed by atoms with Crippen molar-refractivity contribution in [1.29, 1.82) is 0 Å². The first-order valence-electron chi connectivity index (χ1n) is 4.69. The Morgan fingerprint density at radius 1 is 1.71 bits per heavy atom. The molecule has 1 aliphatic rings. The van der Waals surface area contributed by atoms with Gasteiger partial charge < -0.3 is 16.8 Å². The molecular weight excluding hydrogens is 182 g/mol. The quantitative estimate of drug-likeness (QED) is 0.549. The van der Waals surface area contributed by atoms with E-state index in [4.69, 9.17) is 11.5 Å². The molecule has 0 radical (unpaired) electrons. The highest BCUT2D eigenvalue weighted by Gasteiger charge is 2.38. The molecule has 1 aliphatic heterocycles. The van der Waals surface area contributed by atoms with Crippen molar-refractivity contribution in [2.75, 3.05) is 0 Å². The molecule has 1 heterocycles. The standard InChI is InChI=1S/C9H17N3O2/c1-9(2)4-5(8(14)12-9)3-6(10)7(11)13/h5-6H,3-4,10H2,1-2H3,(H2,11,13)(H,12,14)/t5-,6?/m1/s1. The molecule has 80 valence electrons. The Morgan fingerprint density at radius 3 is 2.64 bits per heavy atom. The van der Waals surface area contributed by atoms with Crippen LogP contribution in [-0.4, -0.2) is 23.4 Å². The Hall–Kier alpha value is -1.10. The second-order valence-corrected chi connectivity index (χ2v) is 4.52. The number of amides is 2. The third-order valence-electron chi connectivity index (χ3n) is 2.49. The van der Waals surface area contributed by atoms with Crippen molar-refractivity contribution >= 4 is 11.8 Å². The highest BCUT2D eigenvalue weighted by atomic mass is 16.2. The molecule has 2 amide bonds. The summed E-state index contributed by atoms with van der Waals surface area (Å²) in [5.41, 5.74) is 10.3. The maximum atomic E-state index is 11.4. The molecule has 5 heteroatoms. The largest absolute Gasteiger partial charge is 0.368 e. The highest BCUT2D eigenvalue weighted by molar-refractivity contribution is 5.84. The molecule has 5 N–H and O–H groups in total. The van der Waals surface area contributed by atoms with Crippen LogP contribution in [0.4, 0.5) is 0 Å². The molecule has 1 fully saturated rings. The fourth-order valence-corrected chi connectivity index (χ4v) is 1.81. The van der Waals surface area contributed by atoms with Gasteiger partial charge in [0.1, 0.15) is 0 Å². The van der Waals surface area contributed by atoms with E-state index in [0.29, 0.717) is 12.8 Å². The molecule has 0 aromatic rings. The van der Waals surface area contributed by atoms with E-state index in [9.17, 15) is 9.59 Å². The number of primary amides is 1. The van der Waals surface area contributed by atoms with Crippen molar-refractivity contribution in [3.63, 3.8) is 0 Å². The summed E-state index contributed by atoms with van der Waals surface area (Å²) in [7, 11) is 0. The molecule has 0 bridgehead atoms. The summed E-state index contributed by atoms with van der Waals surface area (Å²) >= 11 is 0. The molecule has 14 heavy (non-hydrogen) atoms. The van der Waals surface area contributed by atoms with Crippen LogP contribution in [0.5, 0.6) is 0 Å². The third kappa shape index (κ3) is 2.45. The van der Waals surface area contributed by atoms with Gasteiger partial charge in [0.05, 0.1) is 6.04 Å². The Morgan fingerprint density at radius 2 is 2.29 bits per heavy atom. The van der Waals surface area contributed by atoms with Crippen LogP contribution in [0.25, 0.3) is 0 Å². The number of carbonyl (C=O) groups excluding carboxylic acids is 2. The molecule has 1 unspecified atom stereocenters. The van der Waals surface area contributed by atoms with E-state index in [2.05, 4.69) is 5.32 Å². The summed E-state index contributed by atoms with van der Waals surface area (Å²) in [5.74, 6) is -0.776. The zero-order valence-electron chi connectivity index (χ0n) is 8.54. The lowest BCUT2D eigenvalue weighted by Gasteiger charge is -2.16. The van der Waals surface area contributed by atoms with Crippen LogP contribution in [0.1, 0.15) is 26.7 Å². The van der Waals surface area contributed by atoms with Crippen LogP contribution in [0.15, 0.2) is 0 Å². The molecule has 0 spiro atoms. The summed E-state index contributed by atoms with van der Waals surface area (Å²) in [6.45, 7) is 3.89. The molecule has 1 rings (SSSR count). The molecule has 5 nitrogen and oxygen atoms in total. The predicted octanol–water partition coefficient (Wildman–Crippen LogP) is -0.896. The fourth-order valence-electron chi connectivity index (χ4n) is 1.81. The van der Waals surface area contributed by atoms with Gasteiger partial charge in [-0.15, -0.1) is 0 Å². The van der Waals surface area contributed by atoms with Crippen LogP contribution in [-0.2, 0) is 9.59 Å². The number of rotatable bonds is 3. The van der Waals surface area contributed by atoms with E-state index >= 15 is 0 Å². The van der Waals surface area contributed by atoms with Gasteiger partial charge in [-0.25, -0.2) is 0 Å². The van der Waals surface area contributed by atoms with Crippen molar-refractivity contribution < 1.29 is 9.59 Å². The van der Waals surface area contributed by atoms with Gasteiger partial charge in [-0.2, -0.15) is 0 Å². The second-order valence-electron chi connectivity index (χ2n) is 4.52. The SMILES string of the molecule is CC1(C)C[C@@H](CC(N)C(N)=O)C(=O)N1. The minimum absolute atomic E-state index is 0.0355. The van der Waals surface area contributed by atoms with Crippen molar-refractivity contribution in [2.24, 2.45) is 17.4 Å².